The molecule has 0 fully saturated rings. The Hall–Kier alpha value is -2.01. The molecule has 0 heterocycles. The number of amides is 1. The minimum atomic E-state index is -0.498. The summed E-state index contributed by atoms with van der Waals surface area (Å²) < 4.78 is 11.5. The number of carbonyl (C=O) groups excluding carboxylic acids is 1. The molecule has 2 aromatic carbocycles. The van der Waals surface area contributed by atoms with E-state index in [1.807, 2.05) is 30.3 Å². The smallest absolute Gasteiger partial charge is 0.411 e. The largest absolute Gasteiger partial charge is 0.488 e. The van der Waals surface area contributed by atoms with Crippen molar-refractivity contribution in [1.82, 2.24) is 0 Å². The number of benzene rings is 2. The first-order valence-electron chi connectivity index (χ1n) is 7.39. The Bertz CT molecular complexity index is 701. The minimum absolute atomic E-state index is 0.351. The molecule has 0 spiro atoms. The van der Waals surface area contributed by atoms with E-state index >= 15 is 0 Å². The molecule has 4 nitrogen and oxygen atoms in total. The van der Waals surface area contributed by atoms with Gasteiger partial charge in [-0.2, -0.15) is 0 Å². The summed E-state index contributed by atoms with van der Waals surface area (Å²) in [5.74, 6) is 0.785. The van der Waals surface area contributed by atoms with Crippen molar-refractivity contribution in [2.24, 2.45) is 0 Å². The third-order valence-electron chi connectivity index (χ3n) is 3.59. The maximum atomic E-state index is 11.4. The minimum Gasteiger partial charge on any atom is -0.488 e. The van der Waals surface area contributed by atoms with E-state index in [1.54, 1.807) is 0 Å². The third kappa shape index (κ3) is 4.48. The van der Waals surface area contributed by atoms with Crippen LogP contribution in [0.15, 0.2) is 40.9 Å². The van der Waals surface area contributed by atoms with Crippen molar-refractivity contribution in [2.45, 2.75) is 26.9 Å². The monoisotopic (exact) mass is 377 g/mol. The van der Waals surface area contributed by atoms with E-state index in [0.717, 1.165) is 22.2 Å². The number of nitrogens with one attached hydrogen (secondary N) is 1. The molecule has 5 heteroatoms. The highest BCUT2D eigenvalue weighted by Crippen LogP contribution is 2.30. The summed E-state index contributed by atoms with van der Waals surface area (Å²) in [6.07, 6.45) is 0.484. The summed E-state index contributed by atoms with van der Waals surface area (Å²) in [4.78, 5) is 11.4. The number of halogens is 1. The Labute approximate surface area is 144 Å². The Morgan fingerprint density at radius 2 is 1.96 bits per heavy atom. The third-order valence-corrected chi connectivity index (χ3v) is 4.21. The van der Waals surface area contributed by atoms with E-state index < -0.39 is 6.09 Å². The number of carbonyl (C=O) groups is 1. The first kappa shape index (κ1) is 17.3. The van der Waals surface area contributed by atoms with Gasteiger partial charge in [0.2, 0.25) is 0 Å². The molecule has 0 aliphatic heterocycles. The van der Waals surface area contributed by atoms with E-state index in [4.69, 9.17) is 4.74 Å². The molecule has 0 unspecified atom stereocenters. The van der Waals surface area contributed by atoms with Gasteiger partial charge in [0.1, 0.15) is 12.4 Å². The zero-order valence-electron chi connectivity index (χ0n) is 13.5. The van der Waals surface area contributed by atoms with Crippen molar-refractivity contribution in [2.75, 3.05) is 12.4 Å². The zero-order chi connectivity index (χ0) is 16.8. The number of hydrogen-bond acceptors (Lipinski definition) is 3. The Kier molecular flexibility index (Phi) is 6.04. The molecule has 0 aromatic heterocycles. The van der Waals surface area contributed by atoms with Gasteiger partial charge >= 0.3 is 6.09 Å². The predicted octanol–water partition coefficient (Wildman–Crippen LogP) is 5.08. The van der Waals surface area contributed by atoms with Crippen LogP contribution in [0.1, 0.15) is 23.6 Å². The molecule has 1 N–H and O–H groups in total. The highest BCUT2D eigenvalue weighted by molar-refractivity contribution is 9.10. The molecule has 0 aliphatic carbocycles. The number of hydrogen-bond donors (Lipinski definition) is 1. The first-order valence-corrected chi connectivity index (χ1v) is 8.19. The van der Waals surface area contributed by atoms with Gasteiger partial charge in [-0.3, -0.25) is 5.32 Å². The van der Waals surface area contributed by atoms with Crippen LogP contribution in [0.2, 0.25) is 0 Å². The van der Waals surface area contributed by atoms with Crippen LogP contribution in [0.3, 0.4) is 0 Å². The molecule has 0 radical (unpaired) electrons. The van der Waals surface area contributed by atoms with Crippen LogP contribution < -0.4 is 10.1 Å². The number of ether oxygens (including phenoxy) is 2. The van der Waals surface area contributed by atoms with Crippen molar-refractivity contribution in [3.8, 4) is 5.75 Å². The second-order valence-corrected chi connectivity index (χ2v) is 5.98. The molecule has 122 valence electrons. The Morgan fingerprint density at radius 1 is 1.22 bits per heavy atom. The van der Waals surface area contributed by atoms with Gasteiger partial charge in [-0.25, -0.2) is 4.79 Å². The Morgan fingerprint density at radius 3 is 2.65 bits per heavy atom. The number of rotatable bonds is 5. The average molecular weight is 378 g/mol. The number of aryl methyl sites for hydroxylation is 2. The van der Waals surface area contributed by atoms with Crippen molar-refractivity contribution in [3.05, 3.63) is 57.6 Å². The van der Waals surface area contributed by atoms with E-state index in [-0.39, 0.29) is 0 Å². The fraction of sp³-hybridized carbons (Fsp3) is 0.278. The first-order chi connectivity index (χ1) is 11.0. The van der Waals surface area contributed by atoms with Crippen molar-refractivity contribution in [1.29, 1.82) is 0 Å². The van der Waals surface area contributed by atoms with Gasteiger partial charge in [0.25, 0.3) is 0 Å². The molecular weight excluding hydrogens is 358 g/mol. The van der Waals surface area contributed by atoms with Crippen molar-refractivity contribution in [3.63, 3.8) is 0 Å². The van der Waals surface area contributed by atoms with Crippen LogP contribution in [0.5, 0.6) is 5.75 Å². The molecule has 0 aliphatic rings. The fourth-order valence-corrected chi connectivity index (χ4v) is 2.78. The molecule has 0 saturated heterocycles. The van der Waals surface area contributed by atoms with E-state index in [2.05, 4.69) is 45.9 Å². The molecule has 2 rings (SSSR count). The van der Waals surface area contributed by atoms with Crippen LogP contribution >= 0.6 is 15.9 Å². The highest BCUT2D eigenvalue weighted by Gasteiger charge is 2.09. The Balaban J connectivity index is 2.15. The number of para-hydroxylation sites is 1. The second kappa shape index (κ2) is 8.02. The van der Waals surface area contributed by atoms with Crippen LogP contribution in [-0.4, -0.2) is 13.2 Å². The lowest BCUT2D eigenvalue weighted by molar-refractivity contribution is 0.187. The normalized spacial score (nSPS) is 10.3. The molecule has 0 atom stereocenters. The molecule has 1 amide bonds. The lowest BCUT2D eigenvalue weighted by atomic mass is 10.1. The summed E-state index contributed by atoms with van der Waals surface area (Å²) in [6, 6.07) is 11.6. The maximum absolute atomic E-state index is 11.4. The van der Waals surface area contributed by atoms with E-state index in [0.29, 0.717) is 12.3 Å². The van der Waals surface area contributed by atoms with E-state index in [9.17, 15) is 4.79 Å². The van der Waals surface area contributed by atoms with Gasteiger partial charge in [-0.05, 0) is 58.6 Å². The lowest BCUT2D eigenvalue weighted by Gasteiger charge is -2.14. The topological polar surface area (TPSA) is 47.6 Å². The van der Waals surface area contributed by atoms with Gasteiger partial charge in [-0.1, -0.05) is 25.1 Å². The average Bonchev–Trinajstić information content (AvgIpc) is 2.56. The van der Waals surface area contributed by atoms with Crippen LogP contribution in [-0.2, 0) is 17.8 Å². The van der Waals surface area contributed by atoms with Crippen molar-refractivity contribution < 1.29 is 14.3 Å². The zero-order valence-corrected chi connectivity index (χ0v) is 15.1. The SMILES string of the molecule is CCc1cc(Br)c(OCc2ccccc2NC(=O)OC)cc1C. The summed E-state index contributed by atoms with van der Waals surface area (Å²) in [6.45, 7) is 4.55. The standard InChI is InChI=1S/C18H20BrNO3/c1-4-13-10-15(19)17(9-12(13)2)23-11-14-7-5-6-8-16(14)20-18(21)22-3/h5-10H,4,11H2,1-3H3,(H,20,21). The van der Waals surface area contributed by atoms with Gasteiger partial charge in [0.05, 0.1) is 17.3 Å². The van der Waals surface area contributed by atoms with Gasteiger partial charge in [0.15, 0.2) is 0 Å². The number of anilines is 1. The fourth-order valence-electron chi connectivity index (χ4n) is 2.27. The maximum Gasteiger partial charge on any atom is 0.411 e. The molecule has 0 bridgehead atoms. The predicted molar refractivity (Wildman–Crippen MR) is 95.1 cm³/mol. The molecule has 0 saturated carbocycles. The van der Waals surface area contributed by atoms with Gasteiger partial charge < -0.3 is 9.47 Å². The summed E-state index contributed by atoms with van der Waals surface area (Å²) in [5, 5.41) is 2.69. The molecule has 23 heavy (non-hydrogen) atoms. The molecule has 2 aromatic rings. The second-order valence-electron chi connectivity index (χ2n) is 5.13. The number of methoxy groups -OCH3 is 1. The van der Waals surface area contributed by atoms with Crippen LogP contribution in [0, 0.1) is 6.92 Å². The summed E-state index contributed by atoms with van der Waals surface area (Å²) >= 11 is 3.55. The van der Waals surface area contributed by atoms with Gasteiger partial charge in [-0.15, -0.1) is 0 Å². The molecular formula is C18H20BrNO3. The van der Waals surface area contributed by atoms with Crippen LogP contribution in [0.4, 0.5) is 10.5 Å². The summed E-state index contributed by atoms with van der Waals surface area (Å²) in [5.41, 5.74) is 4.04. The van der Waals surface area contributed by atoms with Crippen LogP contribution in [0.25, 0.3) is 0 Å². The van der Waals surface area contributed by atoms with E-state index in [1.165, 1.54) is 18.2 Å². The summed E-state index contributed by atoms with van der Waals surface area (Å²) in [7, 11) is 1.34. The quantitative estimate of drug-likeness (QED) is 0.790. The van der Waals surface area contributed by atoms with Gasteiger partial charge in [0, 0.05) is 5.56 Å². The van der Waals surface area contributed by atoms with Crippen molar-refractivity contribution >= 4 is 27.7 Å². The highest BCUT2D eigenvalue weighted by atomic mass is 79.9. The lowest BCUT2D eigenvalue weighted by Crippen LogP contribution is -2.13.